The maximum absolute atomic E-state index is 2.57. The van der Waals surface area contributed by atoms with Gasteiger partial charge in [-0.2, -0.15) is 4.57 Å². The van der Waals surface area contributed by atoms with Crippen LogP contribution in [0.4, 0.5) is 0 Å². The van der Waals surface area contributed by atoms with E-state index in [-0.39, 0.29) is 10.8 Å². The topological polar surface area (TPSA) is 8.81 Å². The fraction of sp³-hybridized carbons (Fsp3) is 0.286. The smallest absolute Gasteiger partial charge is 0.225 e. The van der Waals surface area contributed by atoms with E-state index in [0.717, 1.165) is 0 Å². The average Bonchev–Trinajstić information content (AvgIpc) is 3.22. The van der Waals surface area contributed by atoms with E-state index in [1.165, 1.54) is 70.5 Å². The molecule has 0 radical (unpaired) electrons. The first-order valence-electron chi connectivity index (χ1n) is 13.7. The van der Waals surface area contributed by atoms with E-state index in [2.05, 4.69) is 128 Å². The molecule has 2 nitrogen and oxygen atoms in total. The van der Waals surface area contributed by atoms with Crippen LogP contribution >= 0.6 is 0 Å². The van der Waals surface area contributed by atoms with Crippen LogP contribution in [0, 0.1) is 6.92 Å². The Morgan fingerprint density at radius 2 is 1.27 bits per heavy atom. The van der Waals surface area contributed by atoms with Gasteiger partial charge in [-0.05, 0) is 96.0 Å². The predicted molar refractivity (Wildman–Crippen MR) is 153 cm³/mol. The Hall–Kier alpha value is -3.65. The van der Waals surface area contributed by atoms with Crippen LogP contribution in [0.2, 0.25) is 0 Å². The lowest BCUT2D eigenvalue weighted by Crippen LogP contribution is -2.44. The Balaban J connectivity index is 1.64. The number of fused-ring (bicyclic) bond motifs is 3. The summed E-state index contributed by atoms with van der Waals surface area (Å²) in [6.07, 6.45) is 5.15. The van der Waals surface area contributed by atoms with E-state index in [9.17, 15) is 0 Å². The largest absolute Gasteiger partial charge is 0.295 e. The molecule has 184 valence electrons. The fourth-order valence-corrected chi connectivity index (χ4v) is 7.20. The molecule has 0 saturated heterocycles. The zero-order chi connectivity index (χ0) is 25.4. The lowest BCUT2D eigenvalue weighted by Gasteiger charge is -2.52. The number of hydrogen-bond acceptors (Lipinski definition) is 0. The Morgan fingerprint density at radius 3 is 1.97 bits per heavy atom. The van der Waals surface area contributed by atoms with Crippen molar-refractivity contribution >= 4 is 11.0 Å². The van der Waals surface area contributed by atoms with Crippen molar-refractivity contribution in [1.29, 1.82) is 0 Å². The number of hydrogen-bond donors (Lipinski definition) is 0. The second-order valence-electron chi connectivity index (χ2n) is 11.9. The molecule has 3 aliphatic rings. The number of aryl methyl sites for hydroxylation is 2. The molecule has 1 fully saturated rings. The van der Waals surface area contributed by atoms with Crippen LogP contribution in [0.25, 0.3) is 39.2 Å². The van der Waals surface area contributed by atoms with Gasteiger partial charge < -0.3 is 0 Å². The van der Waals surface area contributed by atoms with Crippen molar-refractivity contribution in [2.75, 3.05) is 0 Å². The minimum atomic E-state index is 0.255. The molecule has 0 N–H and O–H groups in total. The maximum atomic E-state index is 2.57. The SMILES string of the molecule is Cc1ccccc1-c1n(-c2cc3c(cc2-c2ccccc2)C2(C)CCC3(C)CC2)c2ccccc2[n+]1C. The number of benzene rings is 4. The molecule has 1 saturated carbocycles. The third-order valence-corrected chi connectivity index (χ3v) is 9.62. The first kappa shape index (κ1) is 22.5. The number of rotatable bonds is 3. The van der Waals surface area contributed by atoms with Crippen LogP contribution in [-0.2, 0) is 17.9 Å². The summed E-state index contributed by atoms with van der Waals surface area (Å²) in [6.45, 7) is 7.23. The van der Waals surface area contributed by atoms with Crippen LogP contribution in [0.15, 0.2) is 91.0 Å². The highest BCUT2D eigenvalue weighted by atomic mass is 15.2. The summed E-state index contributed by atoms with van der Waals surface area (Å²) in [5, 5.41) is 0. The summed E-state index contributed by atoms with van der Waals surface area (Å²) in [5.41, 5.74) is 12.6. The van der Waals surface area contributed by atoms with Gasteiger partial charge in [0.15, 0.2) is 11.0 Å². The van der Waals surface area contributed by atoms with E-state index in [4.69, 9.17) is 0 Å². The standard InChI is InChI=1S/C35H35N2/c1-24-12-8-9-15-26(24)33-36(4)30-16-10-11-17-31(30)37(33)32-23-29-28(22-27(32)25-13-6-5-7-14-25)34(2)18-20-35(29,3)21-19-34/h5-17,22-23H,18-21H2,1-4H3/q+1. The van der Waals surface area contributed by atoms with Crippen molar-refractivity contribution in [2.24, 2.45) is 7.05 Å². The van der Waals surface area contributed by atoms with Gasteiger partial charge in [-0.25, -0.2) is 4.57 Å². The Bertz CT molecular complexity index is 1660. The van der Waals surface area contributed by atoms with Crippen molar-refractivity contribution in [1.82, 2.24) is 4.57 Å². The lowest BCUT2D eigenvalue weighted by molar-refractivity contribution is -0.633. The van der Waals surface area contributed by atoms with Gasteiger partial charge in [-0.15, -0.1) is 0 Å². The Morgan fingerprint density at radius 1 is 0.676 bits per heavy atom. The second kappa shape index (κ2) is 7.92. The number of nitrogens with zero attached hydrogens (tertiary/aromatic N) is 2. The molecule has 1 heterocycles. The first-order valence-corrected chi connectivity index (χ1v) is 13.7. The number of imidazole rings is 1. The Kier molecular flexibility index (Phi) is 4.83. The summed E-state index contributed by atoms with van der Waals surface area (Å²) in [4.78, 5) is 0. The van der Waals surface area contributed by atoms with Gasteiger partial charge in [0, 0.05) is 5.56 Å². The van der Waals surface area contributed by atoms with Crippen LogP contribution in [0.5, 0.6) is 0 Å². The summed E-state index contributed by atoms with van der Waals surface area (Å²) >= 11 is 0. The molecule has 0 unspecified atom stereocenters. The maximum Gasteiger partial charge on any atom is 0.295 e. The molecule has 1 aromatic heterocycles. The molecule has 5 aromatic rings. The summed E-state index contributed by atoms with van der Waals surface area (Å²) in [5.74, 6) is 1.23. The molecule has 2 bridgehead atoms. The highest BCUT2D eigenvalue weighted by Crippen LogP contribution is 2.57. The molecule has 37 heavy (non-hydrogen) atoms. The van der Waals surface area contributed by atoms with Gasteiger partial charge >= 0.3 is 0 Å². The normalized spacial score (nSPS) is 22.4. The van der Waals surface area contributed by atoms with Crippen molar-refractivity contribution in [2.45, 2.75) is 57.3 Å². The molecular formula is C35H35N2+. The van der Waals surface area contributed by atoms with E-state index in [1.54, 1.807) is 11.1 Å². The van der Waals surface area contributed by atoms with E-state index in [0.29, 0.717) is 0 Å². The highest BCUT2D eigenvalue weighted by Gasteiger charge is 2.48. The van der Waals surface area contributed by atoms with E-state index < -0.39 is 0 Å². The van der Waals surface area contributed by atoms with Crippen molar-refractivity contribution in [3.63, 3.8) is 0 Å². The van der Waals surface area contributed by atoms with Crippen molar-refractivity contribution < 1.29 is 4.57 Å². The van der Waals surface area contributed by atoms with Gasteiger partial charge in [0.1, 0.15) is 5.69 Å². The third kappa shape index (κ3) is 3.21. The monoisotopic (exact) mass is 483 g/mol. The van der Waals surface area contributed by atoms with Gasteiger partial charge in [0.05, 0.1) is 12.6 Å². The van der Waals surface area contributed by atoms with Gasteiger partial charge in [0.25, 0.3) is 5.82 Å². The molecule has 8 rings (SSSR count). The molecule has 4 aromatic carbocycles. The quantitative estimate of drug-likeness (QED) is 0.229. The third-order valence-electron chi connectivity index (χ3n) is 9.62. The average molecular weight is 484 g/mol. The molecule has 0 aliphatic heterocycles. The van der Waals surface area contributed by atoms with Gasteiger partial charge in [-0.1, -0.05) is 74.5 Å². The number of aromatic nitrogens is 2. The summed E-state index contributed by atoms with van der Waals surface area (Å²) in [6, 6.07) is 33.8. The molecule has 2 heteroatoms. The first-order chi connectivity index (χ1) is 17.9. The van der Waals surface area contributed by atoms with Crippen LogP contribution < -0.4 is 4.57 Å². The minimum absolute atomic E-state index is 0.255. The van der Waals surface area contributed by atoms with E-state index >= 15 is 0 Å². The highest BCUT2D eigenvalue weighted by molar-refractivity contribution is 5.85. The molecule has 0 atom stereocenters. The zero-order valence-electron chi connectivity index (χ0n) is 22.4. The minimum Gasteiger partial charge on any atom is -0.225 e. The van der Waals surface area contributed by atoms with Crippen LogP contribution in [0.3, 0.4) is 0 Å². The Labute approximate surface area is 220 Å². The summed E-state index contributed by atoms with van der Waals surface area (Å²) < 4.78 is 4.91. The van der Waals surface area contributed by atoms with Crippen LogP contribution in [-0.4, -0.2) is 4.57 Å². The van der Waals surface area contributed by atoms with Crippen molar-refractivity contribution in [3.8, 4) is 28.2 Å². The number of para-hydroxylation sites is 2. The summed E-state index contributed by atoms with van der Waals surface area (Å²) in [7, 11) is 2.21. The zero-order valence-corrected chi connectivity index (χ0v) is 22.4. The van der Waals surface area contributed by atoms with E-state index in [1.807, 2.05) is 0 Å². The lowest BCUT2D eigenvalue weighted by atomic mass is 9.52. The van der Waals surface area contributed by atoms with Crippen molar-refractivity contribution in [3.05, 3.63) is 108 Å². The molecule has 3 aliphatic carbocycles. The second-order valence-corrected chi connectivity index (χ2v) is 11.9. The molecule has 0 spiro atoms. The fourth-order valence-electron chi connectivity index (χ4n) is 7.20. The van der Waals surface area contributed by atoms with Gasteiger partial charge in [0.2, 0.25) is 0 Å². The predicted octanol–water partition coefficient (Wildman–Crippen LogP) is 8.20. The molecule has 0 amide bonds. The van der Waals surface area contributed by atoms with Gasteiger partial charge in [-0.3, -0.25) is 0 Å². The molecular weight excluding hydrogens is 448 g/mol. The van der Waals surface area contributed by atoms with Crippen LogP contribution in [0.1, 0.15) is 56.2 Å².